The molecule has 1 unspecified atom stereocenters. The minimum atomic E-state index is 0.434. The van der Waals surface area contributed by atoms with Crippen molar-refractivity contribution in [2.45, 2.75) is 31.8 Å². The summed E-state index contributed by atoms with van der Waals surface area (Å²) in [6.45, 7) is 1.96. The highest BCUT2D eigenvalue weighted by molar-refractivity contribution is 7.18. The van der Waals surface area contributed by atoms with Gasteiger partial charge in [-0.1, -0.05) is 42.5 Å². The van der Waals surface area contributed by atoms with Crippen LogP contribution in [-0.2, 0) is 6.54 Å². The van der Waals surface area contributed by atoms with Gasteiger partial charge in [-0.2, -0.15) is 0 Å². The molecule has 0 amide bonds. The van der Waals surface area contributed by atoms with Gasteiger partial charge in [-0.05, 0) is 25.0 Å². The van der Waals surface area contributed by atoms with Crippen LogP contribution in [0.4, 0.5) is 0 Å². The SMILES string of the molecule is c1ccc(-c2cnc(C[NH+]3CCCC[C@@H]3c3nc4ccccc4s3)o2)cc1. The maximum Gasteiger partial charge on any atom is 0.250 e. The molecule has 2 aromatic carbocycles. The van der Waals surface area contributed by atoms with Crippen molar-refractivity contribution in [1.29, 1.82) is 0 Å². The number of nitrogens with zero attached hydrogens (tertiary/aromatic N) is 2. The van der Waals surface area contributed by atoms with E-state index in [9.17, 15) is 0 Å². The minimum Gasteiger partial charge on any atom is -0.435 e. The van der Waals surface area contributed by atoms with Crippen LogP contribution in [0.2, 0.25) is 0 Å². The Bertz CT molecular complexity index is 1010. The lowest BCUT2D eigenvalue weighted by atomic mass is 10.0. The van der Waals surface area contributed by atoms with Gasteiger partial charge in [-0.25, -0.2) is 9.97 Å². The molecule has 4 aromatic rings. The molecule has 1 saturated heterocycles. The third kappa shape index (κ3) is 3.40. The third-order valence-electron chi connectivity index (χ3n) is 5.33. The monoisotopic (exact) mass is 376 g/mol. The second-order valence-corrected chi connectivity index (χ2v) is 8.20. The fourth-order valence-electron chi connectivity index (χ4n) is 3.95. The smallest absolute Gasteiger partial charge is 0.250 e. The van der Waals surface area contributed by atoms with E-state index in [4.69, 9.17) is 9.40 Å². The number of hydrogen-bond donors (Lipinski definition) is 1. The number of rotatable bonds is 4. The molecule has 2 atom stereocenters. The first kappa shape index (κ1) is 16.7. The van der Waals surface area contributed by atoms with E-state index in [0.29, 0.717) is 6.04 Å². The molecule has 1 N–H and O–H groups in total. The summed E-state index contributed by atoms with van der Waals surface area (Å²) in [4.78, 5) is 11.0. The fraction of sp³-hybridized carbons (Fsp3) is 0.273. The number of para-hydroxylation sites is 1. The molecule has 136 valence electrons. The van der Waals surface area contributed by atoms with Crippen molar-refractivity contribution in [3.63, 3.8) is 0 Å². The molecule has 1 aliphatic heterocycles. The summed E-state index contributed by atoms with van der Waals surface area (Å²) in [7, 11) is 0. The fourth-order valence-corrected chi connectivity index (χ4v) is 5.11. The molecule has 0 aliphatic carbocycles. The summed E-state index contributed by atoms with van der Waals surface area (Å²) in [6.07, 6.45) is 5.55. The first-order valence-corrected chi connectivity index (χ1v) is 10.4. The molecule has 1 fully saturated rings. The molecule has 27 heavy (non-hydrogen) atoms. The van der Waals surface area contributed by atoms with E-state index < -0.39 is 0 Å². The van der Waals surface area contributed by atoms with Crippen molar-refractivity contribution in [3.05, 3.63) is 71.7 Å². The van der Waals surface area contributed by atoms with Gasteiger partial charge in [0.1, 0.15) is 6.04 Å². The Kier molecular flexibility index (Phi) is 4.47. The van der Waals surface area contributed by atoms with Crippen LogP contribution in [0.15, 0.2) is 65.2 Å². The van der Waals surface area contributed by atoms with Gasteiger partial charge in [0.05, 0.1) is 23.0 Å². The van der Waals surface area contributed by atoms with Crippen molar-refractivity contribution >= 4 is 21.6 Å². The molecule has 0 spiro atoms. The summed E-state index contributed by atoms with van der Waals surface area (Å²) in [5, 5.41) is 1.25. The van der Waals surface area contributed by atoms with Crippen molar-refractivity contribution in [2.75, 3.05) is 6.54 Å². The van der Waals surface area contributed by atoms with Crippen LogP contribution in [0.5, 0.6) is 0 Å². The second-order valence-electron chi connectivity index (χ2n) is 7.14. The van der Waals surface area contributed by atoms with E-state index in [0.717, 1.165) is 35.8 Å². The van der Waals surface area contributed by atoms with Crippen molar-refractivity contribution in [1.82, 2.24) is 9.97 Å². The molecule has 5 heteroatoms. The molecule has 4 nitrogen and oxygen atoms in total. The third-order valence-corrected chi connectivity index (χ3v) is 6.48. The highest BCUT2D eigenvalue weighted by Gasteiger charge is 2.31. The van der Waals surface area contributed by atoms with Crippen LogP contribution >= 0.6 is 11.3 Å². The minimum absolute atomic E-state index is 0.434. The van der Waals surface area contributed by atoms with Gasteiger partial charge in [0, 0.05) is 12.0 Å². The van der Waals surface area contributed by atoms with Gasteiger partial charge in [-0.15, -0.1) is 11.3 Å². The second kappa shape index (κ2) is 7.25. The lowest BCUT2D eigenvalue weighted by Crippen LogP contribution is -3.11. The normalized spacial score (nSPS) is 20.1. The molecule has 5 rings (SSSR count). The molecule has 1 aliphatic rings. The number of thiazole rings is 1. The first-order chi connectivity index (χ1) is 13.4. The average Bonchev–Trinajstić information content (AvgIpc) is 3.36. The summed E-state index contributed by atoms with van der Waals surface area (Å²) in [5.41, 5.74) is 2.19. The number of benzene rings is 2. The van der Waals surface area contributed by atoms with E-state index in [1.54, 1.807) is 0 Å². The summed E-state index contributed by atoms with van der Waals surface area (Å²) in [6, 6.07) is 19.0. The highest BCUT2D eigenvalue weighted by Crippen LogP contribution is 2.29. The van der Waals surface area contributed by atoms with E-state index >= 15 is 0 Å². The zero-order valence-corrected chi connectivity index (χ0v) is 15.9. The maximum absolute atomic E-state index is 6.07. The Morgan fingerprint density at radius 3 is 2.78 bits per heavy atom. The predicted octanol–water partition coefficient (Wildman–Crippen LogP) is 4.26. The average molecular weight is 377 g/mol. The van der Waals surface area contributed by atoms with Crippen molar-refractivity contribution in [3.8, 4) is 11.3 Å². The van der Waals surface area contributed by atoms with Crippen LogP contribution in [0.1, 0.15) is 36.2 Å². The van der Waals surface area contributed by atoms with Crippen LogP contribution < -0.4 is 4.90 Å². The van der Waals surface area contributed by atoms with Crippen LogP contribution in [-0.4, -0.2) is 16.5 Å². The Hall–Kier alpha value is -2.50. The van der Waals surface area contributed by atoms with E-state index in [2.05, 4.69) is 41.4 Å². The van der Waals surface area contributed by atoms with Crippen LogP contribution in [0.25, 0.3) is 21.5 Å². The van der Waals surface area contributed by atoms with Gasteiger partial charge in [0.2, 0.25) is 0 Å². The van der Waals surface area contributed by atoms with E-state index in [1.807, 2.05) is 35.7 Å². The Labute approximate surface area is 162 Å². The maximum atomic E-state index is 6.07. The predicted molar refractivity (Wildman–Crippen MR) is 108 cm³/mol. The Morgan fingerprint density at radius 2 is 1.89 bits per heavy atom. The van der Waals surface area contributed by atoms with Gasteiger partial charge in [0.15, 0.2) is 17.3 Å². The van der Waals surface area contributed by atoms with Gasteiger partial charge in [0.25, 0.3) is 5.89 Å². The van der Waals surface area contributed by atoms with Crippen LogP contribution in [0, 0.1) is 0 Å². The summed E-state index contributed by atoms with van der Waals surface area (Å²) >= 11 is 1.84. The largest absolute Gasteiger partial charge is 0.435 e. The molecular weight excluding hydrogens is 354 g/mol. The molecule has 2 aromatic heterocycles. The molecule has 0 radical (unpaired) electrons. The molecule has 0 saturated carbocycles. The molecule has 0 bridgehead atoms. The molecule has 3 heterocycles. The number of likely N-dealkylation sites (tertiary alicyclic amines) is 1. The van der Waals surface area contributed by atoms with Crippen molar-refractivity contribution < 1.29 is 9.32 Å². The van der Waals surface area contributed by atoms with E-state index in [1.165, 1.54) is 33.9 Å². The lowest BCUT2D eigenvalue weighted by Gasteiger charge is -2.30. The number of piperidine rings is 1. The quantitative estimate of drug-likeness (QED) is 0.579. The molecular formula is C22H22N3OS+. The zero-order chi connectivity index (χ0) is 18.1. The Morgan fingerprint density at radius 1 is 1.04 bits per heavy atom. The van der Waals surface area contributed by atoms with Gasteiger partial charge < -0.3 is 9.32 Å². The number of fused-ring (bicyclic) bond motifs is 1. The number of quaternary nitrogens is 1. The number of aromatic nitrogens is 2. The number of oxazole rings is 1. The lowest BCUT2D eigenvalue weighted by molar-refractivity contribution is -0.951. The zero-order valence-electron chi connectivity index (χ0n) is 15.1. The number of hydrogen-bond acceptors (Lipinski definition) is 4. The standard InChI is InChI=1S/C22H21N3OS/c1-2-8-16(9-3-1)19-14-23-21(26-19)15-25-13-7-6-11-18(25)22-24-17-10-4-5-12-20(17)27-22/h1-5,8-10,12,14,18H,6-7,11,13,15H2/p+1/t18-/m1/s1. The first-order valence-electron chi connectivity index (χ1n) is 9.57. The van der Waals surface area contributed by atoms with Gasteiger partial charge in [-0.3, -0.25) is 0 Å². The Balaban J connectivity index is 1.39. The van der Waals surface area contributed by atoms with E-state index in [-0.39, 0.29) is 0 Å². The van der Waals surface area contributed by atoms with Crippen LogP contribution in [0.3, 0.4) is 0 Å². The summed E-state index contributed by atoms with van der Waals surface area (Å²) in [5.74, 6) is 1.66. The van der Waals surface area contributed by atoms with Crippen molar-refractivity contribution in [2.24, 2.45) is 0 Å². The highest BCUT2D eigenvalue weighted by atomic mass is 32.1. The number of nitrogens with one attached hydrogen (secondary N) is 1. The topological polar surface area (TPSA) is 43.4 Å². The summed E-state index contributed by atoms with van der Waals surface area (Å²) < 4.78 is 7.34. The van der Waals surface area contributed by atoms with Gasteiger partial charge >= 0.3 is 0 Å².